The van der Waals surface area contributed by atoms with Crippen molar-refractivity contribution >= 4 is 0 Å². The third-order valence-electron chi connectivity index (χ3n) is 2.22. The molecule has 0 saturated heterocycles. The van der Waals surface area contributed by atoms with Crippen molar-refractivity contribution in [2.24, 2.45) is 0 Å². The van der Waals surface area contributed by atoms with E-state index in [-0.39, 0.29) is 5.69 Å². The Morgan fingerprint density at radius 1 is 1.31 bits per heavy atom. The molecule has 0 aliphatic heterocycles. The topological polar surface area (TPSA) is 52.7 Å². The molecule has 5 nitrogen and oxygen atoms in total. The minimum Gasteiger partial charge on any atom is -0.244 e. The monoisotopic (exact) mass is 216 g/mol. The summed E-state index contributed by atoms with van der Waals surface area (Å²) in [4.78, 5) is 11.8. The van der Waals surface area contributed by atoms with E-state index in [1.165, 1.54) is 9.36 Å². The minimum atomic E-state index is -0.260. The SMILES string of the molecule is C=CCn1nnn(-c2ccc(C)cc2)c1=O. The largest absolute Gasteiger partial charge is 0.368 e. The maximum absolute atomic E-state index is 11.8. The van der Waals surface area contributed by atoms with Crippen LogP contribution < -0.4 is 5.69 Å². The lowest BCUT2D eigenvalue weighted by Crippen LogP contribution is -2.23. The fraction of sp³-hybridized carbons (Fsp3) is 0.182. The van der Waals surface area contributed by atoms with Crippen LogP contribution in [0.1, 0.15) is 5.56 Å². The molecule has 0 atom stereocenters. The highest BCUT2D eigenvalue weighted by atomic mass is 16.2. The molecule has 0 amide bonds. The van der Waals surface area contributed by atoms with Crippen LogP contribution in [0.5, 0.6) is 0 Å². The van der Waals surface area contributed by atoms with Crippen molar-refractivity contribution < 1.29 is 0 Å². The summed E-state index contributed by atoms with van der Waals surface area (Å²) >= 11 is 0. The van der Waals surface area contributed by atoms with Gasteiger partial charge in [0.05, 0.1) is 12.2 Å². The lowest BCUT2D eigenvalue weighted by atomic mass is 10.2. The van der Waals surface area contributed by atoms with E-state index in [0.29, 0.717) is 12.2 Å². The molecular formula is C11H12N4O. The fourth-order valence-corrected chi connectivity index (χ4v) is 1.36. The Bertz CT molecular complexity index is 550. The maximum atomic E-state index is 11.8. The van der Waals surface area contributed by atoms with Crippen molar-refractivity contribution in [2.45, 2.75) is 13.5 Å². The Morgan fingerprint density at radius 2 is 2.00 bits per heavy atom. The number of aromatic nitrogens is 4. The van der Waals surface area contributed by atoms with E-state index >= 15 is 0 Å². The normalized spacial score (nSPS) is 10.3. The van der Waals surface area contributed by atoms with Crippen LogP contribution in [0.25, 0.3) is 5.69 Å². The maximum Gasteiger partial charge on any atom is 0.368 e. The molecule has 1 heterocycles. The Morgan fingerprint density at radius 3 is 2.62 bits per heavy atom. The second kappa shape index (κ2) is 4.14. The summed E-state index contributed by atoms with van der Waals surface area (Å²) in [6.07, 6.45) is 1.61. The summed E-state index contributed by atoms with van der Waals surface area (Å²) in [5.41, 5.74) is 1.59. The Hall–Kier alpha value is -2.17. The summed E-state index contributed by atoms with van der Waals surface area (Å²) in [7, 11) is 0. The van der Waals surface area contributed by atoms with Crippen LogP contribution in [0.4, 0.5) is 0 Å². The summed E-state index contributed by atoms with van der Waals surface area (Å²) in [6.45, 7) is 5.91. The lowest BCUT2D eigenvalue weighted by molar-refractivity contribution is 0.644. The first-order chi connectivity index (χ1) is 7.72. The van der Waals surface area contributed by atoms with Crippen LogP contribution in [-0.2, 0) is 6.54 Å². The van der Waals surface area contributed by atoms with Gasteiger partial charge in [-0.15, -0.1) is 6.58 Å². The Labute approximate surface area is 92.6 Å². The van der Waals surface area contributed by atoms with Crippen LogP contribution >= 0.6 is 0 Å². The molecule has 1 aromatic carbocycles. The molecule has 0 saturated carbocycles. The van der Waals surface area contributed by atoms with Gasteiger partial charge in [0.1, 0.15) is 0 Å². The number of allylic oxidation sites excluding steroid dienone is 1. The standard InChI is InChI=1S/C11H12N4O/c1-3-8-14-11(16)15(13-12-14)10-6-4-9(2)5-7-10/h3-7H,1,8H2,2H3. The number of hydrogen-bond donors (Lipinski definition) is 0. The molecule has 5 heteroatoms. The molecule has 82 valence electrons. The van der Waals surface area contributed by atoms with Gasteiger partial charge in [-0.3, -0.25) is 0 Å². The fourth-order valence-electron chi connectivity index (χ4n) is 1.36. The Kier molecular flexibility index (Phi) is 2.68. The van der Waals surface area contributed by atoms with Crippen LogP contribution in [-0.4, -0.2) is 19.8 Å². The molecule has 16 heavy (non-hydrogen) atoms. The van der Waals surface area contributed by atoms with Gasteiger partial charge < -0.3 is 0 Å². The van der Waals surface area contributed by atoms with Crippen LogP contribution in [0.15, 0.2) is 41.7 Å². The van der Waals surface area contributed by atoms with Crippen LogP contribution in [0, 0.1) is 6.92 Å². The van der Waals surface area contributed by atoms with Gasteiger partial charge in [0.15, 0.2) is 0 Å². The number of aryl methyl sites for hydroxylation is 1. The third kappa shape index (κ3) is 1.79. The smallest absolute Gasteiger partial charge is 0.244 e. The predicted molar refractivity (Wildman–Crippen MR) is 60.6 cm³/mol. The summed E-state index contributed by atoms with van der Waals surface area (Å²) in [6, 6.07) is 7.52. The minimum absolute atomic E-state index is 0.260. The first-order valence-corrected chi connectivity index (χ1v) is 4.93. The summed E-state index contributed by atoms with van der Waals surface area (Å²) in [5.74, 6) is 0. The number of hydrogen-bond acceptors (Lipinski definition) is 3. The van der Waals surface area contributed by atoms with Gasteiger partial charge in [0, 0.05) is 0 Å². The first-order valence-electron chi connectivity index (χ1n) is 4.93. The van der Waals surface area contributed by atoms with Gasteiger partial charge in [-0.25, -0.2) is 4.79 Å². The van der Waals surface area contributed by atoms with Gasteiger partial charge >= 0.3 is 5.69 Å². The molecule has 2 rings (SSSR count). The molecule has 0 radical (unpaired) electrons. The van der Waals surface area contributed by atoms with Crippen molar-refractivity contribution in [1.82, 2.24) is 19.8 Å². The quantitative estimate of drug-likeness (QED) is 0.717. The Balaban J connectivity index is 2.45. The van der Waals surface area contributed by atoms with Crippen LogP contribution in [0.2, 0.25) is 0 Å². The molecule has 0 unspecified atom stereocenters. The van der Waals surface area contributed by atoms with E-state index in [9.17, 15) is 4.79 Å². The van der Waals surface area contributed by atoms with Gasteiger partial charge in [-0.2, -0.15) is 9.36 Å². The van der Waals surface area contributed by atoms with Gasteiger partial charge in [-0.05, 0) is 29.5 Å². The molecule has 2 aromatic rings. The number of nitrogens with zero attached hydrogens (tertiary/aromatic N) is 4. The van der Waals surface area contributed by atoms with E-state index in [2.05, 4.69) is 17.0 Å². The highest BCUT2D eigenvalue weighted by Gasteiger charge is 2.06. The molecule has 0 N–H and O–H groups in total. The van der Waals surface area contributed by atoms with Gasteiger partial charge in [0.25, 0.3) is 0 Å². The number of benzene rings is 1. The van der Waals surface area contributed by atoms with Crippen LogP contribution in [0.3, 0.4) is 0 Å². The van der Waals surface area contributed by atoms with Crippen molar-refractivity contribution in [1.29, 1.82) is 0 Å². The average Bonchev–Trinajstić information content (AvgIpc) is 2.63. The molecule has 0 aliphatic rings. The van der Waals surface area contributed by atoms with E-state index in [1.807, 2.05) is 31.2 Å². The van der Waals surface area contributed by atoms with Crippen molar-refractivity contribution in [3.8, 4) is 5.69 Å². The van der Waals surface area contributed by atoms with E-state index in [0.717, 1.165) is 5.56 Å². The zero-order valence-electron chi connectivity index (χ0n) is 9.00. The summed E-state index contributed by atoms with van der Waals surface area (Å²) in [5, 5.41) is 7.55. The number of rotatable bonds is 3. The van der Waals surface area contributed by atoms with Crippen molar-refractivity contribution in [3.05, 3.63) is 53.0 Å². The molecular weight excluding hydrogens is 204 g/mol. The predicted octanol–water partition coefficient (Wildman–Crippen LogP) is 0.923. The van der Waals surface area contributed by atoms with Crippen molar-refractivity contribution in [2.75, 3.05) is 0 Å². The van der Waals surface area contributed by atoms with Crippen molar-refractivity contribution in [3.63, 3.8) is 0 Å². The summed E-state index contributed by atoms with van der Waals surface area (Å²) < 4.78 is 2.52. The van der Waals surface area contributed by atoms with E-state index in [4.69, 9.17) is 0 Å². The second-order valence-electron chi connectivity index (χ2n) is 3.48. The third-order valence-corrected chi connectivity index (χ3v) is 2.22. The average molecular weight is 216 g/mol. The first kappa shape index (κ1) is 10.4. The highest BCUT2D eigenvalue weighted by Crippen LogP contribution is 2.04. The highest BCUT2D eigenvalue weighted by molar-refractivity contribution is 5.32. The van der Waals surface area contributed by atoms with E-state index in [1.54, 1.807) is 6.08 Å². The zero-order valence-corrected chi connectivity index (χ0v) is 9.00. The van der Waals surface area contributed by atoms with Gasteiger partial charge in [0.2, 0.25) is 0 Å². The second-order valence-corrected chi connectivity index (χ2v) is 3.48. The molecule has 0 bridgehead atoms. The molecule has 0 fully saturated rings. The van der Waals surface area contributed by atoms with Gasteiger partial charge in [-0.1, -0.05) is 23.8 Å². The molecule has 0 aliphatic carbocycles. The van der Waals surface area contributed by atoms with E-state index < -0.39 is 0 Å². The molecule has 1 aromatic heterocycles. The number of tetrazole rings is 1. The molecule has 0 spiro atoms. The lowest BCUT2D eigenvalue weighted by Gasteiger charge is -1.98. The zero-order chi connectivity index (χ0) is 11.5.